The van der Waals surface area contributed by atoms with Crippen molar-refractivity contribution in [3.05, 3.63) is 68.9 Å². The first kappa shape index (κ1) is 18.3. The highest BCUT2D eigenvalue weighted by Gasteiger charge is 2.29. The van der Waals surface area contributed by atoms with E-state index in [0.29, 0.717) is 48.2 Å². The molecule has 1 saturated heterocycles. The lowest BCUT2D eigenvalue weighted by Gasteiger charge is -2.35. The van der Waals surface area contributed by atoms with Crippen LogP contribution in [-0.4, -0.2) is 41.9 Å². The number of amides is 1. The van der Waals surface area contributed by atoms with Gasteiger partial charge in [-0.15, -0.1) is 0 Å². The molecule has 2 heterocycles. The van der Waals surface area contributed by atoms with Crippen LogP contribution in [0.2, 0.25) is 5.02 Å². The van der Waals surface area contributed by atoms with Crippen molar-refractivity contribution < 1.29 is 14.1 Å². The molecule has 1 amide bonds. The number of aryl methyl sites for hydroxylation is 1. The van der Waals surface area contributed by atoms with Crippen LogP contribution in [0.15, 0.2) is 46.9 Å². The number of furan rings is 1. The van der Waals surface area contributed by atoms with Crippen LogP contribution < -0.4 is 4.90 Å². The highest BCUT2D eigenvalue weighted by Crippen LogP contribution is 2.32. The van der Waals surface area contributed by atoms with Crippen LogP contribution in [-0.2, 0) is 0 Å². The molecule has 7 nitrogen and oxygen atoms in total. The Morgan fingerprint density at radius 3 is 2.50 bits per heavy atom. The molecule has 0 N–H and O–H groups in total. The highest BCUT2D eigenvalue weighted by molar-refractivity contribution is 6.35. The lowest BCUT2D eigenvalue weighted by Crippen LogP contribution is -2.49. The van der Waals surface area contributed by atoms with Gasteiger partial charge in [-0.1, -0.05) is 35.9 Å². The summed E-state index contributed by atoms with van der Waals surface area (Å²) in [5.41, 5.74) is 1.93. The molecule has 4 rings (SSSR count). The zero-order chi connectivity index (χ0) is 19.8. The van der Waals surface area contributed by atoms with Crippen molar-refractivity contribution in [3.8, 4) is 0 Å². The Labute approximate surface area is 166 Å². The summed E-state index contributed by atoms with van der Waals surface area (Å²) in [5.74, 6) is 0.106. The molecule has 0 atom stereocenters. The number of carbonyl (C=O) groups excluding carboxylic acids is 1. The van der Waals surface area contributed by atoms with Crippen LogP contribution in [0, 0.1) is 17.0 Å². The molecule has 3 aromatic rings. The van der Waals surface area contributed by atoms with Crippen molar-refractivity contribution in [2.45, 2.75) is 6.92 Å². The molecule has 0 radical (unpaired) electrons. The number of rotatable bonds is 3. The van der Waals surface area contributed by atoms with Crippen molar-refractivity contribution in [3.63, 3.8) is 0 Å². The van der Waals surface area contributed by atoms with Crippen LogP contribution in [0.1, 0.15) is 16.1 Å². The highest BCUT2D eigenvalue weighted by atomic mass is 35.5. The molecule has 0 aliphatic carbocycles. The minimum absolute atomic E-state index is 0.0741. The zero-order valence-corrected chi connectivity index (χ0v) is 16.0. The number of nitro groups is 1. The lowest BCUT2D eigenvalue weighted by atomic mass is 10.1. The number of piperazine rings is 1. The van der Waals surface area contributed by atoms with Crippen molar-refractivity contribution in [2.75, 3.05) is 31.1 Å². The maximum absolute atomic E-state index is 13.0. The molecular formula is C20H18ClN3O4. The first-order valence-electron chi connectivity index (χ1n) is 8.92. The van der Waals surface area contributed by atoms with Gasteiger partial charge in [0.15, 0.2) is 11.3 Å². The van der Waals surface area contributed by atoms with Crippen molar-refractivity contribution in [1.82, 2.24) is 4.90 Å². The Kier molecular flexibility index (Phi) is 4.68. The summed E-state index contributed by atoms with van der Waals surface area (Å²) in [4.78, 5) is 27.5. The van der Waals surface area contributed by atoms with Crippen molar-refractivity contribution >= 4 is 39.9 Å². The average Bonchev–Trinajstić information content (AvgIpc) is 3.05. The molecule has 2 aromatic carbocycles. The van der Waals surface area contributed by atoms with Gasteiger partial charge in [-0.2, -0.15) is 0 Å². The van der Waals surface area contributed by atoms with Crippen LogP contribution in [0.3, 0.4) is 0 Å². The summed E-state index contributed by atoms with van der Waals surface area (Å²) in [7, 11) is 0. The number of benzene rings is 2. The monoisotopic (exact) mass is 399 g/mol. The molecule has 0 unspecified atom stereocenters. The van der Waals surface area contributed by atoms with E-state index in [1.807, 2.05) is 24.0 Å². The summed E-state index contributed by atoms with van der Waals surface area (Å²) in [5, 5.41) is 12.6. The van der Waals surface area contributed by atoms with Crippen LogP contribution in [0.5, 0.6) is 0 Å². The number of hydrogen-bond donors (Lipinski definition) is 0. The SMILES string of the molecule is Cc1c(C(=O)N2CCN(c3ccccc3[N+](=O)[O-])CC2)oc2c(Cl)cccc12. The maximum Gasteiger partial charge on any atom is 0.292 e. The maximum atomic E-state index is 13.0. The first-order valence-corrected chi connectivity index (χ1v) is 9.30. The van der Waals surface area contributed by atoms with E-state index in [2.05, 4.69) is 0 Å². The Balaban J connectivity index is 1.53. The van der Waals surface area contributed by atoms with Gasteiger partial charge < -0.3 is 14.2 Å². The molecule has 144 valence electrons. The van der Waals surface area contributed by atoms with Gasteiger partial charge in [0.2, 0.25) is 0 Å². The minimum Gasteiger partial charge on any atom is -0.449 e. The predicted octanol–water partition coefficient (Wildman–Crippen LogP) is 4.27. The van der Waals surface area contributed by atoms with Gasteiger partial charge in [0, 0.05) is 43.2 Å². The number of anilines is 1. The molecule has 0 spiro atoms. The van der Waals surface area contributed by atoms with Crippen LogP contribution in [0.25, 0.3) is 11.0 Å². The lowest BCUT2D eigenvalue weighted by molar-refractivity contribution is -0.384. The number of nitrogens with zero attached hydrogens (tertiary/aromatic N) is 3. The molecule has 1 aromatic heterocycles. The number of fused-ring (bicyclic) bond motifs is 1. The van der Waals surface area contributed by atoms with E-state index in [1.54, 1.807) is 29.2 Å². The zero-order valence-electron chi connectivity index (χ0n) is 15.2. The Hall–Kier alpha value is -3.06. The standard InChI is InChI=1S/C20H18ClN3O4/c1-13-14-5-4-6-15(21)19(14)28-18(13)20(25)23-11-9-22(10-12-23)16-7-2-3-8-17(16)24(26)27/h2-8H,9-12H2,1H3. The van der Waals surface area contributed by atoms with E-state index in [-0.39, 0.29) is 16.5 Å². The number of hydrogen-bond acceptors (Lipinski definition) is 5. The van der Waals surface area contributed by atoms with E-state index in [1.165, 1.54) is 6.07 Å². The summed E-state index contributed by atoms with van der Waals surface area (Å²) < 4.78 is 5.78. The fraction of sp³-hybridized carbons (Fsp3) is 0.250. The number of nitro benzene ring substituents is 1. The van der Waals surface area contributed by atoms with Gasteiger partial charge in [0.25, 0.3) is 11.6 Å². The Bertz CT molecular complexity index is 1070. The summed E-state index contributed by atoms with van der Waals surface area (Å²) in [6, 6.07) is 12.1. The first-order chi connectivity index (χ1) is 13.5. The second-order valence-electron chi connectivity index (χ2n) is 6.70. The number of carbonyl (C=O) groups is 1. The predicted molar refractivity (Wildman–Crippen MR) is 107 cm³/mol. The quantitative estimate of drug-likeness (QED) is 0.485. The Morgan fingerprint density at radius 2 is 1.82 bits per heavy atom. The molecule has 0 saturated carbocycles. The molecule has 0 bridgehead atoms. The van der Waals surface area contributed by atoms with Gasteiger partial charge in [0.05, 0.1) is 9.95 Å². The smallest absolute Gasteiger partial charge is 0.292 e. The molecule has 1 fully saturated rings. The average molecular weight is 400 g/mol. The van der Waals surface area contributed by atoms with E-state index < -0.39 is 0 Å². The molecule has 1 aliphatic rings. The third-order valence-electron chi connectivity index (χ3n) is 5.10. The van der Waals surface area contributed by atoms with Crippen molar-refractivity contribution in [1.29, 1.82) is 0 Å². The molecule has 28 heavy (non-hydrogen) atoms. The fourth-order valence-electron chi connectivity index (χ4n) is 3.59. The van der Waals surface area contributed by atoms with Crippen molar-refractivity contribution in [2.24, 2.45) is 0 Å². The third kappa shape index (κ3) is 3.07. The van der Waals surface area contributed by atoms with Crippen LogP contribution >= 0.6 is 11.6 Å². The van der Waals surface area contributed by atoms with Gasteiger partial charge in [-0.05, 0) is 19.1 Å². The normalized spacial score (nSPS) is 14.5. The van der Waals surface area contributed by atoms with Gasteiger partial charge in [0.1, 0.15) is 5.69 Å². The van der Waals surface area contributed by atoms with E-state index >= 15 is 0 Å². The Morgan fingerprint density at radius 1 is 1.11 bits per heavy atom. The minimum atomic E-state index is -0.381. The second-order valence-corrected chi connectivity index (χ2v) is 7.10. The number of halogens is 1. The van der Waals surface area contributed by atoms with Gasteiger partial charge in [-0.25, -0.2) is 0 Å². The van der Waals surface area contributed by atoms with Gasteiger partial charge >= 0.3 is 0 Å². The second kappa shape index (κ2) is 7.16. The van der Waals surface area contributed by atoms with Crippen LogP contribution in [0.4, 0.5) is 11.4 Å². The third-order valence-corrected chi connectivity index (χ3v) is 5.39. The fourth-order valence-corrected chi connectivity index (χ4v) is 3.81. The molecule has 1 aliphatic heterocycles. The molecular weight excluding hydrogens is 382 g/mol. The van der Waals surface area contributed by atoms with E-state index in [9.17, 15) is 14.9 Å². The van der Waals surface area contributed by atoms with E-state index in [0.717, 1.165) is 10.9 Å². The summed E-state index contributed by atoms with van der Waals surface area (Å²) >= 11 is 6.18. The molecule has 8 heteroatoms. The topological polar surface area (TPSA) is 79.8 Å². The number of para-hydroxylation sites is 3. The summed E-state index contributed by atoms with van der Waals surface area (Å²) in [6.07, 6.45) is 0. The van der Waals surface area contributed by atoms with Gasteiger partial charge in [-0.3, -0.25) is 14.9 Å². The summed E-state index contributed by atoms with van der Waals surface area (Å²) in [6.45, 7) is 3.77. The van der Waals surface area contributed by atoms with E-state index in [4.69, 9.17) is 16.0 Å². The largest absolute Gasteiger partial charge is 0.449 e.